The smallest absolute Gasteiger partial charge is 0.248 e. The number of benzene rings is 1. The number of halogens is 1. The Bertz CT molecular complexity index is 433. The van der Waals surface area contributed by atoms with Gasteiger partial charge in [0.25, 0.3) is 0 Å². The molecule has 0 bridgehead atoms. The normalized spacial score (nSPS) is 20.4. The van der Waals surface area contributed by atoms with Gasteiger partial charge in [-0.3, -0.25) is 4.79 Å². The number of ether oxygens (including phenoxy) is 1. The van der Waals surface area contributed by atoms with Crippen LogP contribution in [0.25, 0.3) is 0 Å². The fourth-order valence-corrected chi connectivity index (χ4v) is 1.86. The molecule has 1 fully saturated rings. The quantitative estimate of drug-likeness (QED) is 0.749. The fraction of sp³-hybridized carbons (Fsp3) is 0.308. The number of rotatable bonds is 3. The van der Waals surface area contributed by atoms with E-state index in [1.54, 1.807) is 23.1 Å². The molecule has 17 heavy (non-hydrogen) atoms. The molecule has 3 nitrogen and oxygen atoms in total. The van der Waals surface area contributed by atoms with Crippen molar-refractivity contribution in [3.8, 4) is 0 Å². The number of carbonyl (C=O) groups excluding carboxylic acids is 1. The first-order valence-corrected chi connectivity index (χ1v) is 5.46. The Morgan fingerprint density at radius 3 is 3.12 bits per heavy atom. The Hall–Kier alpha value is -1.68. The molecule has 1 aromatic rings. The fourth-order valence-electron chi connectivity index (χ4n) is 1.86. The zero-order valence-electron chi connectivity index (χ0n) is 9.43. The first kappa shape index (κ1) is 11.8. The minimum Gasteiger partial charge on any atom is -0.362 e. The number of hydrogen-bond donors (Lipinski definition) is 0. The molecule has 0 aliphatic carbocycles. The van der Waals surface area contributed by atoms with Crippen molar-refractivity contribution in [3.05, 3.63) is 48.3 Å². The van der Waals surface area contributed by atoms with Crippen molar-refractivity contribution < 1.29 is 13.9 Å². The van der Waals surface area contributed by atoms with Crippen LogP contribution < -0.4 is 0 Å². The highest BCUT2D eigenvalue weighted by Crippen LogP contribution is 2.23. The topological polar surface area (TPSA) is 29.5 Å². The van der Waals surface area contributed by atoms with E-state index < -0.39 is 0 Å². The van der Waals surface area contributed by atoms with E-state index in [4.69, 9.17) is 4.74 Å². The third-order valence-corrected chi connectivity index (χ3v) is 2.72. The molecule has 2 rings (SSSR count). The number of carbonyl (C=O) groups is 1. The minimum absolute atomic E-state index is 0.0367. The molecule has 0 spiro atoms. The first-order valence-electron chi connectivity index (χ1n) is 5.46. The second-order valence-corrected chi connectivity index (χ2v) is 3.94. The molecule has 1 atom stereocenters. The Labute approximate surface area is 99.5 Å². The molecular formula is C13H14FNO2. The molecule has 90 valence electrons. The SMILES string of the molecule is C=CCN1C[C@@H](c2cccc(F)c2)OCC1=O. The van der Waals surface area contributed by atoms with Gasteiger partial charge in [0.05, 0.1) is 6.54 Å². The molecule has 1 aliphatic rings. The Kier molecular flexibility index (Phi) is 3.54. The van der Waals surface area contributed by atoms with Crippen molar-refractivity contribution in [2.45, 2.75) is 6.10 Å². The molecule has 1 amide bonds. The van der Waals surface area contributed by atoms with Crippen LogP contribution >= 0.6 is 0 Å². The van der Waals surface area contributed by atoms with Gasteiger partial charge in [0.15, 0.2) is 0 Å². The van der Waals surface area contributed by atoms with Crippen molar-refractivity contribution in [1.82, 2.24) is 4.90 Å². The monoisotopic (exact) mass is 235 g/mol. The second-order valence-electron chi connectivity index (χ2n) is 3.94. The van der Waals surface area contributed by atoms with E-state index >= 15 is 0 Å². The summed E-state index contributed by atoms with van der Waals surface area (Å²) in [5.41, 5.74) is 0.756. The van der Waals surface area contributed by atoms with Crippen LogP contribution in [0.5, 0.6) is 0 Å². The van der Waals surface area contributed by atoms with E-state index in [1.165, 1.54) is 12.1 Å². The van der Waals surface area contributed by atoms with Gasteiger partial charge in [-0.15, -0.1) is 6.58 Å². The van der Waals surface area contributed by atoms with Gasteiger partial charge < -0.3 is 9.64 Å². The van der Waals surface area contributed by atoms with E-state index in [2.05, 4.69) is 6.58 Å². The molecule has 0 N–H and O–H groups in total. The van der Waals surface area contributed by atoms with Crippen molar-refractivity contribution >= 4 is 5.91 Å². The minimum atomic E-state index is -0.293. The molecule has 0 aromatic heterocycles. The predicted molar refractivity (Wildman–Crippen MR) is 61.9 cm³/mol. The Morgan fingerprint density at radius 2 is 2.41 bits per heavy atom. The van der Waals surface area contributed by atoms with Gasteiger partial charge in [-0.05, 0) is 17.7 Å². The van der Waals surface area contributed by atoms with Crippen molar-refractivity contribution in [2.24, 2.45) is 0 Å². The lowest BCUT2D eigenvalue weighted by atomic mass is 10.1. The highest BCUT2D eigenvalue weighted by molar-refractivity contribution is 5.78. The first-order chi connectivity index (χ1) is 8.20. The average molecular weight is 235 g/mol. The van der Waals surface area contributed by atoms with Gasteiger partial charge in [0, 0.05) is 6.54 Å². The van der Waals surface area contributed by atoms with Crippen LogP contribution in [0.4, 0.5) is 4.39 Å². The summed E-state index contributed by atoms with van der Waals surface area (Å²) in [6, 6.07) is 6.27. The number of amides is 1. The van der Waals surface area contributed by atoms with E-state index in [9.17, 15) is 9.18 Å². The van der Waals surface area contributed by atoms with Crippen molar-refractivity contribution in [1.29, 1.82) is 0 Å². The third kappa shape index (κ3) is 2.71. The number of nitrogens with zero attached hydrogens (tertiary/aromatic N) is 1. The Balaban J connectivity index is 2.12. The molecule has 1 saturated heterocycles. The largest absolute Gasteiger partial charge is 0.362 e. The van der Waals surface area contributed by atoms with Gasteiger partial charge in [0.1, 0.15) is 18.5 Å². The summed E-state index contributed by atoms with van der Waals surface area (Å²) >= 11 is 0. The number of morpholine rings is 1. The van der Waals surface area contributed by atoms with Crippen LogP contribution in [-0.4, -0.2) is 30.5 Å². The van der Waals surface area contributed by atoms with Gasteiger partial charge in [-0.2, -0.15) is 0 Å². The molecular weight excluding hydrogens is 221 g/mol. The van der Waals surface area contributed by atoms with Crippen LogP contribution in [-0.2, 0) is 9.53 Å². The molecule has 4 heteroatoms. The van der Waals surface area contributed by atoms with E-state index in [0.717, 1.165) is 5.56 Å². The standard InChI is InChI=1S/C13H14FNO2/c1-2-6-15-8-12(17-9-13(15)16)10-4-3-5-11(14)7-10/h2-5,7,12H,1,6,8-9H2/t12-/m0/s1. The third-order valence-electron chi connectivity index (χ3n) is 2.72. The highest BCUT2D eigenvalue weighted by Gasteiger charge is 2.26. The van der Waals surface area contributed by atoms with Crippen LogP contribution in [0.3, 0.4) is 0 Å². The van der Waals surface area contributed by atoms with Gasteiger partial charge in [0.2, 0.25) is 5.91 Å². The summed E-state index contributed by atoms with van der Waals surface area (Å²) in [6.45, 7) is 4.58. The van der Waals surface area contributed by atoms with Crippen LogP contribution in [0.1, 0.15) is 11.7 Å². The molecule has 0 radical (unpaired) electrons. The van der Waals surface area contributed by atoms with Crippen LogP contribution in [0.2, 0.25) is 0 Å². The molecule has 0 unspecified atom stereocenters. The molecule has 0 saturated carbocycles. The van der Waals surface area contributed by atoms with E-state index in [-0.39, 0.29) is 24.4 Å². The lowest BCUT2D eigenvalue weighted by Crippen LogP contribution is -2.43. The predicted octanol–water partition coefficient (Wildman–Crippen LogP) is 1.91. The van der Waals surface area contributed by atoms with E-state index in [1.807, 2.05) is 0 Å². The summed E-state index contributed by atoms with van der Waals surface area (Å²) in [5, 5.41) is 0. The lowest BCUT2D eigenvalue weighted by molar-refractivity contribution is -0.148. The summed E-state index contributed by atoms with van der Waals surface area (Å²) in [7, 11) is 0. The van der Waals surface area contributed by atoms with Crippen LogP contribution in [0.15, 0.2) is 36.9 Å². The maximum Gasteiger partial charge on any atom is 0.248 e. The van der Waals surface area contributed by atoms with Crippen molar-refractivity contribution in [2.75, 3.05) is 19.7 Å². The summed E-state index contributed by atoms with van der Waals surface area (Å²) in [4.78, 5) is 13.2. The maximum atomic E-state index is 13.1. The molecule has 1 aliphatic heterocycles. The lowest BCUT2D eigenvalue weighted by Gasteiger charge is -2.32. The summed E-state index contributed by atoms with van der Waals surface area (Å²) in [5.74, 6) is -0.351. The van der Waals surface area contributed by atoms with Gasteiger partial charge >= 0.3 is 0 Å². The maximum absolute atomic E-state index is 13.1. The zero-order chi connectivity index (χ0) is 12.3. The van der Waals surface area contributed by atoms with Crippen molar-refractivity contribution in [3.63, 3.8) is 0 Å². The Morgan fingerprint density at radius 1 is 1.59 bits per heavy atom. The summed E-state index contributed by atoms with van der Waals surface area (Å²) < 4.78 is 18.5. The van der Waals surface area contributed by atoms with Gasteiger partial charge in [-0.1, -0.05) is 18.2 Å². The molecule has 1 aromatic carbocycles. The van der Waals surface area contributed by atoms with E-state index in [0.29, 0.717) is 13.1 Å². The number of hydrogen-bond acceptors (Lipinski definition) is 2. The zero-order valence-corrected chi connectivity index (χ0v) is 9.43. The average Bonchev–Trinajstić information content (AvgIpc) is 2.32. The molecule has 1 heterocycles. The second kappa shape index (κ2) is 5.10. The van der Waals surface area contributed by atoms with Crippen LogP contribution in [0, 0.1) is 5.82 Å². The highest BCUT2D eigenvalue weighted by atomic mass is 19.1. The van der Waals surface area contributed by atoms with Gasteiger partial charge in [-0.25, -0.2) is 4.39 Å². The summed E-state index contributed by atoms with van der Waals surface area (Å²) in [6.07, 6.45) is 1.41.